The van der Waals surface area contributed by atoms with E-state index in [-0.39, 0.29) is 32.1 Å². The quantitative estimate of drug-likeness (QED) is 0.331. The van der Waals surface area contributed by atoms with E-state index in [2.05, 4.69) is 0 Å². The minimum absolute atomic E-state index is 0.0854. The van der Waals surface area contributed by atoms with E-state index in [0.29, 0.717) is 30.8 Å². The van der Waals surface area contributed by atoms with E-state index in [9.17, 15) is 9.59 Å². The molecule has 0 unspecified atom stereocenters. The first-order chi connectivity index (χ1) is 13.8. The molecule has 152 valence electrons. The topological polar surface area (TPSA) is 80.0 Å². The van der Waals surface area contributed by atoms with Crippen LogP contribution >= 0.6 is 47.2 Å². The summed E-state index contributed by atoms with van der Waals surface area (Å²) in [5, 5.41) is 9.47. The number of ether oxygens (including phenoxy) is 1. The van der Waals surface area contributed by atoms with Crippen LogP contribution in [0.15, 0.2) is 39.7 Å². The molecule has 1 N–H and O–H groups in total. The number of carbonyl (C=O) groups is 2. The Labute approximate surface area is 186 Å². The van der Waals surface area contributed by atoms with Gasteiger partial charge in [-0.2, -0.15) is 0 Å². The van der Waals surface area contributed by atoms with Crippen LogP contribution in [0.2, 0.25) is 10.0 Å². The van der Waals surface area contributed by atoms with Gasteiger partial charge < -0.3 is 14.3 Å². The highest BCUT2D eigenvalue weighted by molar-refractivity contribution is 8.26. The van der Waals surface area contributed by atoms with Crippen molar-refractivity contribution in [1.82, 2.24) is 4.90 Å². The van der Waals surface area contributed by atoms with Crippen LogP contribution < -0.4 is 0 Å². The van der Waals surface area contributed by atoms with Crippen molar-refractivity contribution >= 4 is 69.5 Å². The van der Waals surface area contributed by atoms with Crippen molar-refractivity contribution in [3.8, 4) is 11.3 Å². The molecule has 0 saturated carbocycles. The molecule has 2 aromatic rings. The summed E-state index contributed by atoms with van der Waals surface area (Å²) in [6, 6.07) is 8.71. The Morgan fingerprint density at radius 3 is 2.76 bits per heavy atom. The van der Waals surface area contributed by atoms with Gasteiger partial charge in [0.05, 0.1) is 41.1 Å². The molecule has 1 amide bonds. The van der Waals surface area contributed by atoms with Crippen molar-refractivity contribution in [2.45, 2.75) is 6.42 Å². The fraction of sp³-hybridized carbons (Fsp3) is 0.211. The summed E-state index contributed by atoms with van der Waals surface area (Å²) in [4.78, 5) is 24.9. The van der Waals surface area contributed by atoms with Gasteiger partial charge in [0.15, 0.2) is 0 Å². The molecule has 1 saturated heterocycles. The lowest BCUT2D eigenvalue weighted by Crippen LogP contribution is -2.31. The smallest absolute Gasteiger partial charge is 0.305 e. The standard InChI is InChI=1S/C19H15Cl2NO5S2/c20-13-3-1-11(9-14(13)21)15-4-2-12(27-15)10-16-18(25)22(19(28)29-16)6-8-26-7-5-17(23)24/h1-4,9-10H,5-8H2,(H,23,24)/b16-10+. The number of rotatable bonds is 8. The Bertz CT molecular complexity index is 989. The van der Waals surface area contributed by atoms with E-state index in [0.717, 1.165) is 5.56 Å². The number of aliphatic carboxylic acids is 1. The Morgan fingerprint density at radius 1 is 1.24 bits per heavy atom. The molecule has 1 aromatic carbocycles. The van der Waals surface area contributed by atoms with Gasteiger partial charge in [0.1, 0.15) is 15.8 Å². The van der Waals surface area contributed by atoms with Crippen molar-refractivity contribution in [1.29, 1.82) is 0 Å². The van der Waals surface area contributed by atoms with Crippen LogP contribution in [0.4, 0.5) is 0 Å². The maximum absolute atomic E-state index is 12.6. The van der Waals surface area contributed by atoms with E-state index in [1.165, 1.54) is 16.7 Å². The van der Waals surface area contributed by atoms with Crippen LogP contribution in [0, 0.1) is 0 Å². The van der Waals surface area contributed by atoms with Gasteiger partial charge >= 0.3 is 5.97 Å². The summed E-state index contributed by atoms with van der Waals surface area (Å²) >= 11 is 18.4. The van der Waals surface area contributed by atoms with Gasteiger partial charge in [-0.15, -0.1) is 0 Å². The normalized spacial score (nSPS) is 15.5. The van der Waals surface area contributed by atoms with Gasteiger partial charge in [0, 0.05) is 11.6 Å². The lowest BCUT2D eigenvalue weighted by atomic mass is 10.2. The van der Waals surface area contributed by atoms with Gasteiger partial charge in [0.2, 0.25) is 0 Å². The summed E-state index contributed by atoms with van der Waals surface area (Å²) in [7, 11) is 0. The highest BCUT2D eigenvalue weighted by Crippen LogP contribution is 2.34. The van der Waals surface area contributed by atoms with Crippen LogP contribution in [0.5, 0.6) is 0 Å². The number of carboxylic acid groups (broad SMARTS) is 1. The number of hydrogen-bond donors (Lipinski definition) is 1. The summed E-state index contributed by atoms with van der Waals surface area (Å²) in [5.74, 6) is -0.0760. The largest absolute Gasteiger partial charge is 0.481 e. The number of halogens is 2. The first-order valence-corrected chi connectivity index (χ1v) is 10.4. The van der Waals surface area contributed by atoms with Crippen molar-refractivity contribution < 1.29 is 23.8 Å². The van der Waals surface area contributed by atoms with Crippen LogP contribution in [0.1, 0.15) is 12.2 Å². The molecule has 3 rings (SSSR count). The molecular formula is C19H15Cl2NO5S2. The third-order valence-corrected chi connectivity index (χ3v) is 6.01. The Balaban J connectivity index is 1.64. The fourth-order valence-electron chi connectivity index (χ4n) is 2.47. The maximum Gasteiger partial charge on any atom is 0.305 e. The van der Waals surface area contributed by atoms with Gasteiger partial charge in [-0.25, -0.2) is 0 Å². The molecular weight excluding hydrogens is 457 g/mol. The van der Waals surface area contributed by atoms with Crippen LogP contribution in [0.3, 0.4) is 0 Å². The van der Waals surface area contributed by atoms with E-state index in [1.807, 2.05) is 0 Å². The molecule has 2 heterocycles. The second kappa shape index (κ2) is 9.77. The van der Waals surface area contributed by atoms with E-state index >= 15 is 0 Å². The predicted octanol–water partition coefficient (Wildman–Crippen LogP) is 4.95. The molecule has 10 heteroatoms. The van der Waals surface area contributed by atoms with E-state index in [1.54, 1.807) is 36.4 Å². The first kappa shape index (κ1) is 21.9. The molecule has 1 aliphatic heterocycles. The molecule has 0 atom stereocenters. The average Bonchev–Trinajstić information content (AvgIpc) is 3.23. The Hall–Kier alpha value is -1.84. The van der Waals surface area contributed by atoms with E-state index < -0.39 is 5.97 Å². The number of thioether (sulfide) groups is 1. The fourth-order valence-corrected chi connectivity index (χ4v) is 4.06. The molecule has 0 spiro atoms. The second-order valence-electron chi connectivity index (χ2n) is 5.92. The molecule has 1 aromatic heterocycles. The van der Waals surface area contributed by atoms with Gasteiger partial charge in [-0.3, -0.25) is 14.5 Å². The SMILES string of the molecule is O=C(O)CCOCCN1C(=O)/C(=C\c2ccc(-c3ccc(Cl)c(Cl)c3)o2)SC1=S. The summed E-state index contributed by atoms with van der Waals surface area (Å²) in [6.07, 6.45) is 1.55. The van der Waals surface area contributed by atoms with Crippen molar-refractivity contribution in [2.24, 2.45) is 0 Å². The molecule has 0 radical (unpaired) electrons. The van der Waals surface area contributed by atoms with Crippen LogP contribution in [-0.2, 0) is 14.3 Å². The number of carbonyl (C=O) groups excluding carboxylic acids is 1. The summed E-state index contributed by atoms with van der Waals surface area (Å²) in [5.41, 5.74) is 0.769. The maximum atomic E-state index is 12.6. The van der Waals surface area contributed by atoms with Crippen molar-refractivity contribution in [2.75, 3.05) is 19.8 Å². The lowest BCUT2D eigenvalue weighted by molar-refractivity contribution is -0.138. The van der Waals surface area contributed by atoms with Gasteiger partial charge in [-0.05, 0) is 30.3 Å². The first-order valence-electron chi connectivity index (χ1n) is 8.45. The van der Waals surface area contributed by atoms with Gasteiger partial charge in [0.25, 0.3) is 5.91 Å². The minimum atomic E-state index is -0.933. The minimum Gasteiger partial charge on any atom is -0.481 e. The number of thiocarbonyl (C=S) groups is 1. The third kappa shape index (κ3) is 5.61. The molecule has 1 fully saturated rings. The number of carboxylic acids is 1. The lowest BCUT2D eigenvalue weighted by Gasteiger charge is -2.14. The van der Waals surface area contributed by atoms with Crippen molar-refractivity contribution in [3.63, 3.8) is 0 Å². The second-order valence-corrected chi connectivity index (χ2v) is 8.41. The molecule has 1 aliphatic rings. The molecule has 6 nitrogen and oxygen atoms in total. The zero-order valence-corrected chi connectivity index (χ0v) is 18.0. The average molecular weight is 472 g/mol. The van der Waals surface area contributed by atoms with Crippen LogP contribution in [0.25, 0.3) is 17.4 Å². The third-order valence-electron chi connectivity index (χ3n) is 3.90. The monoisotopic (exact) mass is 471 g/mol. The predicted molar refractivity (Wildman–Crippen MR) is 117 cm³/mol. The Kier molecular flexibility index (Phi) is 7.37. The highest BCUT2D eigenvalue weighted by atomic mass is 35.5. The van der Waals surface area contributed by atoms with Gasteiger partial charge in [-0.1, -0.05) is 47.2 Å². The highest BCUT2D eigenvalue weighted by Gasteiger charge is 2.32. The number of furan rings is 1. The van der Waals surface area contributed by atoms with Crippen molar-refractivity contribution in [3.05, 3.63) is 51.0 Å². The van der Waals surface area contributed by atoms with E-state index in [4.69, 9.17) is 49.7 Å². The zero-order valence-electron chi connectivity index (χ0n) is 14.9. The number of benzene rings is 1. The van der Waals surface area contributed by atoms with Crippen LogP contribution in [-0.4, -0.2) is 46.0 Å². The molecule has 0 aliphatic carbocycles. The Morgan fingerprint density at radius 2 is 2.03 bits per heavy atom. The number of amides is 1. The molecule has 29 heavy (non-hydrogen) atoms. The summed E-state index contributed by atoms with van der Waals surface area (Å²) in [6.45, 7) is 0.549. The summed E-state index contributed by atoms with van der Waals surface area (Å²) < 4.78 is 11.4. The number of nitrogens with zero attached hydrogens (tertiary/aromatic N) is 1. The zero-order chi connectivity index (χ0) is 21.0. The molecule has 0 bridgehead atoms. The number of hydrogen-bond acceptors (Lipinski definition) is 6.